The lowest BCUT2D eigenvalue weighted by atomic mass is 9.96. The Morgan fingerprint density at radius 3 is 2.92 bits per heavy atom. The van der Waals surface area contributed by atoms with Gasteiger partial charge in [0.15, 0.2) is 0 Å². The zero-order chi connectivity index (χ0) is 17.1. The molecule has 0 bridgehead atoms. The van der Waals surface area contributed by atoms with Gasteiger partial charge in [0.25, 0.3) is 0 Å². The highest BCUT2D eigenvalue weighted by molar-refractivity contribution is 7.18. The zero-order valence-electron chi connectivity index (χ0n) is 14.6. The number of aryl methyl sites for hydroxylation is 1. The molecule has 7 heteroatoms. The smallest absolute Gasteiger partial charge is 0.150 e. The van der Waals surface area contributed by atoms with Crippen LogP contribution in [0.4, 0.5) is 5.82 Å². The van der Waals surface area contributed by atoms with Crippen molar-refractivity contribution >= 4 is 27.4 Å². The van der Waals surface area contributed by atoms with Crippen LogP contribution in [-0.4, -0.2) is 73.5 Å². The Labute approximate surface area is 147 Å². The summed E-state index contributed by atoms with van der Waals surface area (Å²) in [6, 6.07) is 0. The van der Waals surface area contributed by atoms with Gasteiger partial charge in [0.2, 0.25) is 0 Å². The number of anilines is 1. The topological polar surface area (TPSA) is 61.7 Å². The Balaban J connectivity index is 1.75. The summed E-state index contributed by atoms with van der Waals surface area (Å²) in [4.78, 5) is 13.6. The summed E-state index contributed by atoms with van der Waals surface area (Å²) in [7, 11) is 3.84. The van der Waals surface area contributed by atoms with Crippen molar-refractivity contribution in [3.8, 4) is 0 Å². The minimum atomic E-state index is 0.219. The zero-order valence-corrected chi connectivity index (χ0v) is 15.4. The number of aliphatic hydroxyl groups is 1. The van der Waals surface area contributed by atoms with Crippen molar-refractivity contribution in [2.75, 3.05) is 58.5 Å². The molecule has 3 rings (SSSR count). The van der Waals surface area contributed by atoms with Gasteiger partial charge in [0.1, 0.15) is 12.1 Å². The molecule has 3 heterocycles. The van der Waals surface area contributed by atoms with Gasteiger partial charge in [0, 0.05) is 45.8 Å². The van der Waals surface area contributed by atoms with Crippen molar-refractivity contribution in [1.29, 1.82) is 0 Å². The van der Waals surface area contributed by atoms with Crippen LogP contribution >= 0.6 is 11.3 Å². The van der Waals surface area contributed by atoms with Gasteiger partial charge < -0.3 is 19.6 Å². The van der Waals surface area contributed by atoms with Gasteiger partial charge in [-0.3, -0.25) is 0 Å². The molecular formula is C17H26N4O2S. The largest absolute Gasteiger partial charge is 0.396 e. The number of fused-ring (bicyclic) bond motifs is 1. The quantitative estimate of drug-likeness (QED) is 0.819. The van der Waals surface area contributed by atoms with E-state index < -0.39 is 0 Å². The molecule has 1 saturated heterocycles. The van der Waals surface area contributed by atoms with E-state index in [4.69, 9.17) is 4.74 Å². The number of aromatic nitrogens is 2. The first kappa shape index (κ1) is 17.5. The fourth-order valence-electron chi connectivity index (χ4n) is 3.45. The van der Waals surface area contributed by atoms with E-state index in [0.29, 0.717) is 5.92 Å². The Hall–Kier alpha value is -1.28. The van der Waals surface area contributed by atoms with Crippen molar-refractivity contribution in [1.82, 2.24) is 14.9 Å². The summed E-state index contributed by atoms with van der Waals surface area (Å²) in [5.41, 5.74) is 2.25. The third-order valence-corrected chi connectivity index (χ3v) is 5.93. The first-order chi connectivity index (χ1) is 11.6. The van der Waals surface area contributed by atoms with Crippen LogP contribution in [0.1, 0.15) is 5.56 Å². The van der Waals surface area contributed by atoms with Crippen LogP contribution in [0.15, 0.2) is 11.7 Å². The third kappa shape index (κ3) is 3.54. The molecule has 0 aromatic carbocycles. The number of thiophene rings is 1. The number of hydrogen-bond acceptors (Lipinski definition) is 7. The highest BCUT2D eigenvalue weighted by Crippen LogP contribution is 2.35. The van der Waals surface area contributed by atoms with Crippen LogP contribution in [0.5, 0.6) is 0 Å². The summed E-state index contributed by atoms with van der Waals surface area (Å²) in [6.07, 6.45) is 1.66. The molecule has 1 aliphatic rings. The molecule has 1 aliphatic heterocycles. The molecule has 2 atom stereocenters. The maximum atomic E-state index is 9.81. The molecule has 132 valence electrons. The second-order valence-electron chi connectivity index (χ2n) is 6.66. The van der Waals surface area contributed by atoms with Gasteiger partial charge in [0.05, 0.1) is 16.8 Å². The van der Waals surface area contributed by atoms with Crippen LogP contribution in [0.3, 0.4) is 0 Å². The summed E-state index contributed by atoms with van der Waals surface area (Å²) in [6.45, 7) is 6.68. The maximum absolute atomic E-state index is 9.81. The molecule has 0 amide bonds. The average molecular weight is 350 g/mol. The molecule has 24 heavy (non-hydrogen) atoms. The van der Waals surface area contributed by atoms with Crippen LogP contribution in [0.25, 0.3) is 10.2 Å². The number of methoxy groups -OCH3 is 1. The molecular weight excluding hydrogens is 324 g/mol. The SMILES string of the molecule is COCCN(C)C[C@@H]1CN(c2ncnc3c(C)csc23)C[C@@H]1CO. The van der Waals surface area contributed by atoms with Gasteiger partial charge in [-0.25, -0.2) is 9.97 Å². The van der Waals surface area contributed by atoms with Crippen LogP contribution in [0, 0.1) is 18.8 Å². The van der Waals surface area contributed by atoms with Crippen LogP contribution < -0.4 is 4.90 Å². The molecule has 0 unspecified atom stereocenters. The molecule has 0 saturated carbocycles. The molecule has 0 aliphatic carbocycles. The van der Waals surface area contributed by atoms with Crippen molar-refractivity contribution in [3.63, 3.8) is 0 Å². The summed E-state index contributed by atoms with van der Waals surface area (Å²) in [5.74, 6) is 1.72. The fourth-order valence-corrected chi connectivity index (χ4v) is 4.47. The van der Waals surface area contributed by atoms with E-state index in [1.165, 1.54) is 5.56 Å². The van der Waals surface area contributed by atoms with Gasteiger partial charge in [-0.05, 0) is 30.8 Å². The molecule has 6 nitrogen and oxygen atoms in total. The predicted molar refractivity (Wildman–Crippen MR) is 97.8 cm³/mol. The first-order valence-corrected chi connectivity index (χ1v) is 9.24. The fraction of sp³-hybridized carbons (Fsp3) is 0.647. The van der Waals surface area contributed by atoms with E-state index in [1.54, 1.807) is 24.8 Å². The number of aliphatic hydroxyl groups excluding tert-OH is 1. The Bertz CT molecular complexity index is 678. The first-order valence-electron chi connectivity index (χ1n) is 8.36. The number of ether oxygens (including phenoxy) is 1. The van der Waals surface area contributed by atoms with Gasteiger partial charge >= 0.3 is 0 Å². The third-order valence-electron chi connectivity index (χ3n) is 4.85. The molecule has 1 fully saturated rings. The lowest BCUT2D eigenvalue weighted by Crippen LogP contribution is -2.33. The highest BCUT2D eigenvalue weighted by Gasteiger charge is 2.34. The summed E-state index contributed by atoms with van der Waals surface area (Å²) >= 11 is 1.71. The molecule has 0 spiro atoms. The van der Waals surface area contributed by atoms with Crippen LogP contribution in [-0.2, 0) is 4.74 Å². The number of nitrogens with zero attached hydrogens (tertiary/aromatic N) is 4. The predicted octanol–water partition coefficient (Wildman–Crippen LogP) is 1.62. The molecule has 1 N–H and O–H groups in total. The monoisotopic (exact) mass is 350 g/mol. The number of hydrogen-bond donors (Lipinski definition) is 1. The normalized spacial score (nSPS) is 21.3. The second-order valence-corrected chi connectivity index (χ2v) is 7.54. The van der Waals surface area contributed by atoms with Gasteiger partial charge in [-0.1, -0.05) is 0 Å². The van der Waals surface area contributed by atoms with E-state index in [0.717, 1.165) is 48.8 Å². The standard InChI is InChI=1S/C17H26N4O2S/c1-12-10-24-16-15(12)18-11-19-17(16)21-7-13(14(8-21)9-22)6-20(2)4-5-23-3/h10-11,13-14,22H,4-9H2,1-3H3/t13-,14-/m1/s1. The minimum absolute atomic E-state index is 0.219. The number of rotatable bonds is 7. The lowest BCUT2D eigenvalue weighted by Gasteiger charge is -2.23. The van der Waals surface area contributed by atoms with E-state index in [9.17, 15) is 5.11 Å². The number of likely N-dealkylation sites (N-methyl/N-ethyl adjacent to an activating group) is 1. The average Bonchev–Trinajstić information content (AvgIpc) is 3.16. The van der Waals surface area contributed by atoms with E-state index in [-0.39, 0.29) is 12.5 Å². The van der Waals surface area contributed by atoms with Gasteiger partial charge in [-0.2, -0.15) is 0 Å². The van der Waals surface area contributed by atoms with Crippen molar-refractivity contribution in [2.45, 2.75) is 6.92 Å². The maximum Gasteiger partial charge on any atom is 0.150 e. The van der Waals surface area contributed by atoms with E-state index in [2.05, 4.69) is 39.1 Å². The second kappa shape index (κ2) is 7.74. The van der Waals surface area contributed by atoms with Crippen molar-refractivity contribution in [2.24, 2.45) is 11.8 Å². The molecule has 2 aromatic rings. The van der Waals surface area contributed by atoms with Crippen molar-refractivity contribution in [3.05, 3.63) is 17.3 Å². The van der Waals surface area contributed by atoms with E-state index >= 15 is 0 Å². The molecule has 2 aromatic heterocycles. The lowest BCUT2D eigenvalue weighted by molar-refractivity contribution is 0.136. The van der Waals surface area contributed by atoms with Crippen LogP contribution in [0.2, 0.25) is 0 Å². The van der Waals surface area contributed by atoms with Crippen molar-refractivity contribution < 1.29 is 9.84 Å². The Kier molecular flexibility index (Phi) is 5.65. The highest BCUT2D eigenvalue weighted by atomic mass is 32.1. The van der Waals surface area contributed by atoms with Gasteiger partial charge in [-0.15, -0.1) is 11.3 Å². The minimum Gasteiger partial charge on any atom is -0.396 e. The Morgan fingerprint density at radius 2 is 2.17 bits per heavy atom. The van der Waals surface area contributed by atoms with E-state index in [1.807, 2.05) is 0 Å². The summed E-state index contributed by atoms with van der Waals surface area (Å²) < 4.78 is 6.31. The summed E-state index contributed by atoms with van der Waals surface area (Å²) in [5, 5.41) is 11.9. The molecule has 0 radical (unpaired) electrons. The Morgan fingerprint density at radius 1 is 1.38 bits per heavy atom.